The topological polar surface area (TPSA) is 102 Å². The molecule has 1 atom stereocenters. The van der Waals surface area contributed by atoms with E-state index >= 15 is 0 Å². The fraction of sp³-hybridized carbons (Fsp3) is 0.350. The average Bonchev–Trinajstić information content (AvgIpc) is 3.27. The monoisotopic (exact) mass is 494 g/mol. The minimum absolute atomic E-state index is 0.116. The van der Waals surface area contributed by atoms with Gasteiger partial charge in [-0.15, -0.1) is 10.2 Å². The molecule has 3 aromatic rings. The van der Waals surface area contributed by atoms with Crippen molar-refractivity contribution in [3.8, 4) is 5.75 Å². The van der Waals surface area contributed by atoms with Crippen molar-refractivity contribution in [2.45, 2.75) is 25.1 Å². The zero-order chi connectivity index (χ0) is 23.4. The first kappa shape index (κ1) is 24.0. The minimum atomic E-state index is -0.361. The molecule has 1 N–H and O–H groups in total. The first-order valence-corrected chi connectivity index (χ1v) is 11.8. The van der Waals surface area contributed by atoms with E-state index in [2.05, 4.69) is 20.5 Å². The molecule has 0 bridgehead atoms. The fourth-order valence-electron chi connectivity index (χ4n) is 2.74. The quantitative estimate of drug-likeness (QED) is 0.475. The number of hydrogen-bond donors (Lipinski definition) is 1. The lowest BCUT2D eigenvalue weighted by molar-refractivity contribution is -0.113. The predicted octanol–water partition coefficient (Wildman–Crippen LogP) is 3.81. The maximum Gasteiger partial charge on any atom is 0.265 e. The van der Waals surface area contributed by atoms with Crippen LogP contribution in [0.4, 0.5) is 5.13 Å². The van der Waals surface area contributed by atoms with Crippen molar-refractivity contribution in [2.24, 2.45) is 7.05 Å². The number of anilines is 1. The van der Waals surface area contributed by atoms with Crippen molar-refractivity contribution in [1.82, 2.24) is 24.6 Å². The van der Waals surface area contributed by atoms with Crippen LogP contribution in [0.15, 0.2) is 29.4 Å². The molecule has 0 saturated carbocycles. The summed E-state index contributed by atoms with van der Waals surface area (Å²) < 4.78 is 7.68. The van der Waals surface area contributed by atoms with E-state index in [1.165, 1.54) is 16.7 Å². The Labute approximate surface area is 199 Å². The van der Waals surface area contributed by atoms with Crippen molar-refractivity contribution in [1.29, 1.82) is 0 Å². The van der Waals surface area contributed by atoms with Crippen molar-refractivity contribution >= 4 is 51.6 Å². The van der Waals surface area contributed by atoms with Gasteiger partial charge in [0.05, 0.1) is 11.4 Å². The largest absolute Gasteiger partial charge is 0.483 e. The van der Waals surface area contributed by atoms with Gasteiger partial charge in [-0.3, -0.25) is 9.59 Å². The summed E-state index contributed by atoms with van der Waals surface area (Å²) >= 11 is 8.40. The molecule has 0 aliphatic heterocycles. The summed E-state index contributed by atoms with van der Waals surface area (Å²) in [5, 5.41) is 12.7. The molecule has 1 aromatic carbocycles. The zero-order valence-corrected chi connectivity index (χ0v) is 20.6. The van der Waals surface area contributed by atoms with E-state index in [1.807, 2.05) is 26.1 Å². The third-order valence-corrected chi connectivity index (χ3v) is 6.63. The standard InChI is InChI=1S/C20H23ClN6O3S2/c1-11-16(18(29)26(3)4)32-19(22-11)23-15(28)10-31-20-25-24-17(27(20)5)12(2)30-14-8-6-7-13(21)9-14/h6-9,12H,10H2,1-5H3,(H,22,23,28). The Kier molecular flexibility index (Phi) is 7.75. The highest BCUT2D eigenvalue weighted by atomic mass is 35.5. The van der Waals surface area contributed by atoms with E-state index in [4.69, 9.17) is 16.3 Å². The number of ether oxygens (including phenoxy) is 1. The van der Waals surface area contributed by atoms with Gasteiger partial charge in [0.2, 0.25) is 5.91 Å². The number of aryl methyl sites for hydroxylation is 1. The van der Waals surface area contributed by atoms with Gasteiger partial charge in [-0.2, -0.15) is 0 Å². The van der Waals surface area contributed by atoms with Crippen LogP contribution in [0.2, 0.25) is 5.02 Å². The van der Waals surface area contributed by atoms with Gasteiger partial charge in [0.25, 0.3) is 5.91 Å². The summed E-state index contributed by atoms with van der Waals surface area (Å²) in [5.74, 6) is 0.976. The van der Waals surface area contributed by atoms with E-state index < -0.39 is 0 Å². The lowest BCUT2D eigenvalue weighted by Crippen LogP contribution is -2.21. The number of rotatable bonds is 8. The third kappa shape index (κ3) is 5.78. The maximum absolute atomic E-state index is 12.4. The van der Waals surface area contributed by atoms with Gasteiger partial charge in [0.1, 0.15) is 10.6 Å². The van der Waals surface area contributed by atoms with Gasteiger partial charge in [0, 0.05) is 26.2 Å². The molecule has 0 fully saturated rings. The Balaban J connectivity index is 1.58. The summed E-state index contributed by atoms with van der Waals surface area (Å²) in [4.78, 5) is 30.8. The van der Waals surface area contributed by atoms with Crippen LogP contribution in [-0.2, 0) is 11.8 Å². The van der Waals surface area contributed by atoms with Crippen LogP contribution < -0.4 is 10.1 Å². The van der Waals surface area contributed by atoms with Crippen molar-refractivity contribution < 1.29 is 14.3 Å². The lowest BCUT2D eigenvalue weighted by atomic mass is 10.3. The number of amides is 2. The molecule has 32 heavy (non-hydrogen) atoms. The number of benzene rings is 1. The molecule has 170 valence electrons. The molecule has 3 rings (SSSR count). The zero-order valence-electron chi connectivity index (χ0n) is 18.2. The summed E-state index contributed by atoms with van der Waals surface area (Å²) in [7, 11) is 5.16. The average molecular weight is 495 g/mol. The molecule has 1 unspecified atom stereocenters. The van der Waals surface area contributed by atoms with E-state index in [-0.39, 0.29) is 23.7 Å². The second kappa shape index (κ2) is 10.3. The van der Waals surface area contributed by atoms with Crippen molar-refractivity contribution in [3.63, 3.8) is 0 Å². The molecular weight excluding hydrogens is 472 g/mol. The Morgan fingerprint density at radius 3 is 2.78 bits per heavy atom. The Morgan fingerprint density at radius 2 is 2.09 bits per heavy atom. The normalized spacial score (nSPS) is 11.8. The third-order valence-electron chi connectivity index (χ3n) is 4.32. The number of carbonyl (C=O) groups excluding carboxylic acids is 2. The number of thiazole rings is 1. The van der Waals surface area contributed by atoms with Gasteiger partial charge in [0.15, 0.2) is 22.2 Å². The van der Waals surface area contributed by atoms with E-state index in [0.29, 0.717) is 37.5 Å². The summed E-state index contributed by atoms with van der Waals surface area (Å²) in [6, 6.07) is 7.13. The number of hydrogen-bond acceptors (Lipinski definition) is 8. The molecule has 0 spiro atoms. The van der Waals surface area contributed by atoms with Crippen LogP contribution in [0.1, 0.15) is 34.2 Å². The Hall–Kier alpha value is -2.63. The number of halogens is 1. The van der Waals surface area contributed by atoms with E-state index in [1.54, 1.807) is 37.7 Å². The van der Waals surface area contributed by atoms with Crippen LogP contribution in [0, 0.1) is 6.92 Å². The molecule has 0 radical (unpaired) electrons. The van der Waals surface area contributed by atoms with Gasteiger partial charge < -0.3 is 19.5 Å². The number of carbonyl (C=O) groups is 2. The number of thioether (sulfide) groups is 1. The highest BCUT2D eigenvalue weighted by Crippen LogP contribution is 2.26. The minimum Gasteiger partial charge on any atom is -0.483 e. The maximum atomic E-state index is 12.4. The van der Waals surface area contributed by atoms with Crippen LogP contribution in [0.3, 0.4) is 0 Å². The first-order valence-electron chi connectivity index (χ1n) is 9.59. The van der Waals surface area contributed by atoms with Crippen LogP contribution in [0.5, 0.6) is 5.75 Å². The smallest absolute Gasteiger partial charge is 0.265 e. The van der Waals surface area contributed by atoms with Gasteiger partial charge in [-0.25, -0.2) is 4.98 Å². The predicted molar refractivity (Wildman–Crippen MR) is 126 cm³/mol. The van der Waals surface area contributed by atoms with Crippen LogP contribution >= 0.6 is 34.7 Å². The summed E-state index contributed by atoms with van der Waals surface area (Å²) in [6.45, 7) is 3.61. The Morgan fingerprint density at radius 1 is 1.34 bits per heavy atom. The molecule has 12 heteroatoms. The highest BCUT2D eigenvalue weighted by Gasteiger charge is 2.20. The molecule has 9 nitrogen and oxygen atoms in total. The number of aromatic nitrogens is 4. The van der Waals surface area contributed by atoms with Crippen LogP contribution in [0.25, 0.3) is 0 Å². The summed E-state index contributed by atoms with van der Waals surface area (Å²) in [6.07, 6.45) is -0.361. The van der Waals surface area contributed by atoms with Crippen molar-refractivity contribution in [3.05, 3.63) is 45.7 Å². The molecule has 0 aliphatic rings. The molecule has 2 heterocycles. The van der Waals surface area contributed by atoms with E-state index in [0.717, 1.165) is 11.3 Å². The molecule has 0 saturated heterocycles. The molecule has 2 aromatic heterocycles. The molecular formula is C20H23ClN6O3S2. The second-order valence-electron chi connectivity index (χ2n) is 7.09. The Bertz CT molecular complexity index is 1130. The van der Waals surface area contributed by atoms with E-state index in [9.17, 15) is 9.59 Å². The van der Waals surface area contributed by atoms with Gasteiger partial charge in [-0.05, 0) is 32.0 Å². The summed E-state index contributed by atoms with van der Waals surface area (Å²) in [5.41, 5.74) is 0.586. The number of nitrogens with one attached hydrogen (secondary N) is 1. The highest BCUT2D eigenvalue weighted by molar-refractivity contribution is 7.99. The van der Waals surface area contributed by atoms with Gasteiger partial charge in [-0.1, -0.05) is 40.8 Å². The van der Waals surface area contributed by atoms with Crippen molar-refractivity contribution in [2.75, 3.05) is 25.2 Å². The van der Waals surface area contributed by atoms with Crippen LogP contribution in [-0.4, -0.2) is 56.3 Å². The first-order chi connectivity index (χ1) is 15.2. The van der Waals surface area contributed by atoms with Gasteiger partial charge >= 0.3 is 0 Å². The molecule has 2 amide bonds. The fourth-order valence-corrected chi connectivity index (χ4v) is 4.64. The molecule has 0 aliphatic carbocycles. The number of nitrogens with zero attached hydrogens (tertiary/aromatic N) is 5. The second-order valence-corrected chi connectivity index (χ2v) is 9.47. The SMILES string of the molecule is Cc1nc(NC(=O)CSc2nnc(C(C)Oc3cccc(Cl)c3)n2C)sc1C(=O)N(C)C. The lowest BCUT2D eigenvalue weighted by Gasteiger charge is -2.14.